The Labute approximate surface area is 132 Å². The molecule has 2 heterocycles. The topological polar surface area (TPSA) is 46.6 Å². The van der Waals surface area contributed by atoms with Crippen LogP contribution in [0.15, 0.2) is 30.3 Å². The Hall–Kier alpha value is -1.33. The first-order chi connectivity index (χ1) is 10.4. The first-order valence-electron chi connectivity index (χ1n) is 7.89. The van der Waals surface area contributed by atoms with Crippen LogP contribution >= 0.6 is 0 Å². The molecule has 0 amide bonds. The molecule has 5 heteroatoms. The van der Waals surface area contributed by atoms with Gasteiger partial charge in [-0.25, -0.2) is 12.7 Å². The van der Waals surface area contributed by atoms with E-state index in [1.807, 2.05) is 24.3 Å². The summed E-state index contributed by atoms with van der Waals surface area (Å²) in [6.45, 7) is 4.58. The van der Waals surface area contributed by atoms with Gasteiger partial charge in [-0.3, -0.25) is 0 Å². The van der Waals surface area contributed by atoms with Gasteiger partial charge in [0.25, 0.3) is 0 Å². The molecule has 4 nitrogen and oxygen atoms in total. The number of sulfonamides is 1. The molecule has 0 aliphatic carbocycles. The Bertz CT molecular complexity index is 681. The number of benzene rings is 1. The van der Waals surface area contributed by atoms with Crippen LogP contribution in [0, 0.1) is 0 Å². The van der Waals surface area contributed by atoms with E-state index in [0.29, 0.717) is 19.5 Å². The maximum absolute atomic E-state index is 12.4. The third-order valence-electron chi connectivity index (χ3n) is 4.55. The minimum atomic E-state index is -3.19. The average Bonchev–Trinajstić information content (AvgIpc) is 2.70. The summed E-state index contributed by atoms with van der Waals surface area (Å²) < 4.78 is 32.6. The molecule has 0 saturated carbocycles. The minimum Gasteiger partial charge on any atom is -0.483 e. The molecule has 2 aliphatic heterocycles. The number of ether oxygens (including phenoxy) is 1. The van der Waals surface area contributed by atoms with Gasteiger partial charge in [0, 0.05) is 25.1 Å². The fourth-order valence-corrected chi connectivity index (χ4v) is 4.46. The Kier molecular flexibility index (Phi) is 4.03. The highest BCUT2D eigenvalue weighted by atomic mass is 32.2. The second kappa shape index (κ2) is 5.70. The number of rotatable bonds is 2. The molecular weight excluding hydrogens is 298 g/mol. The quantitative estimate of drug-likeness (QED) is 0.841. The van der Waals surface area contributed by atoms with Gasteiger partial charge >= 0.3 is 0 Å². The van der Waals surface area contributed by atoms with Gasteiger partial charge in [0.05, 0.1) is 5.25 Å². The van der Waals surface area contributed by atoms with Crippen molar-refractivity contribution in [3.8, 4) is 5.75 Å². The van der Waals surface area contributed by atoms with Gasteiger partial charge < -0.3 is 4.74 Å². The molecular formula is C17H23NO3S. The van der Waals surface area contributed by atoms with Crippen LogP contribution in [0.4, 0.5) is 0 Å². The van der Waals surface area contributed by atoms with E-state index < -0.39 is 10.0 Å². The van der Waals surface area contributed by atoms with Crippen molar-refractivity contribution in [2.45, 2.75) is 44.0 Å². The first-order valence-corrected chi connectivity index (χ1v) is 9.40. The normalized spacial score (nSPS) is 25.8. The van der Waals surface area contributed by atoms with Crippen molar-refractivity contribution < 1.29 is 13.2 Å². The maximum atomic E-state index is 12.4. The zero-order valence-corrected chi connectivity index (χ0v) is 14.0. The molecule has 0 radical (unpaired) electrons. The summed E-state index contributed by atoms with van der Waals surface area (Å²) in [5.41, 5.74) is 0.722. The van der Waals surface area contributed by atoms with Crippen LogP contribution in [-0.2, 0) is 10.0 Å². The monoisotopic (exact) mass is 321 g/mol. The molecule has 1 aromatic rings. The van der Waals surface area contributed by atoms with Gasteiger partial charge in [-0.05, 0) is 38.8 Å². The molecule has 2 aliphatic rings. The molecule has 1 spiro atoms. The predicted octanol–water partition coefficient (Wildman–Crippen LogP) is 3.06. The van der Waals surface area contributed by atoms with Gasteiger partial charge in [-0.1, -0.05) is 24.3 Å². The summed E-state index contributed by atoms with van der Waals surface area (Å²) in [5, 5.41) is -0.370. The SMILES string of the molecule is CC(C)S(=O)(=O)N1CCCC2(C=Cc3ccccc3O2)CC1. The molecule has 1 fully saturated rings. The largest absolute Gasteiger partial charge is 0.483 e. The molecule has 0 bridgehead atoms. The fourth-order valence-electron chi connectivity index (χ4n) is 3.13. The molecule has 3 rings (SSSR count). The predicted molar refractivity (Wildman–Crippen MR) is 88.3 cm³/mol. The molecule has 0 N–H and O–H groups in total. The smallest absolute Gasteiger partial charge is 0.216 e. The van der Waals surface area contributed by atoms with Gasteiger partial charge in [0.2, 0.25) is 10.0 Å². The molecule has 22 heavy (non-hydrogen) atoms. The van der Waals surface area contributed by atoms with E-state index in [4.69, 9.17) is 4.74 Å². The summed E-state index contributed by atoms with van der Waals surface area (Å²) in [6, 6.07) is 7.98. The fraction of sp³-hybridized carbons (Fsp3) is 0.529. The zero-order valence-electron chi connectivity index (χ0n) is 13.2. The highest BCUT2D eigenvalue weighted by Crippen LogP contribution is 2.37. The van der Waals surface area contributed by atoms with Gasteiger partial charge in [-0.2, -0.15) is 0 Å². The van der Waals surface area contributed by atoms with Crippen molar-refractivity contribution in [3.63, 3.8) is 0 Å². The van der Waals surface area contributed by atoms with E-state index in [2.05, 4.69) is 12.2 Å². The minimum absolute atomic E-state index is 0.365. The van der Waals surface area contributed by atoms with E-state index in [9.17, 15) is 8.42 Å². The van der Waals surface area contributed by atoms with Crippen LogP contribution in [0.3, 0.4) is 0 Å². The molecule has 1 saturated heterocycles. The standard InChI is InChI=1S/C17H23NO3S/c1-14(2)22(19,20)18-12-5-9-17(11-13-18)10-8-15-6-3-4-7-16(15)21-17/h3-4,6-8,10,14H,5,9,11-13H2,1-2H3. The number of nitrogens with zero attached hydrogens (tertiary/aromatic N) is 1. The van der Waals surface area contributed by atoms with Crippen molar-refractivity contribution >= 4 is 16.1 Å². The second-order valence-corrected chi connectivity index (χ2v) is 8.87. The van der Waals surface area contributed by atoms with Gasteiger partial charge in [0.1, 0.15) is 11.4 Å². The molecule has 1 aromatic carbocycles. The Morgan fingerprint density at radius 3 is 2.73 bits per heavy atom. The van der Waals surface area contributed by atoms with Crippen molar-refractivity contribution in [2.24, 2.45) is 0 Å². The first kappa shape index (κ1) is 15.6. The zero-order chi connectivity index (χ0) is 15.8. The van der Waals surface area contributed by atoms with E-state index in [1.165, 1.54) is 0 Å². The van der Waals surface area contributed by atoms with E-state index in [0.717, 1.165) is 24.2 Å². The summed E-state index contributed by atoms with van der Waals surface area (Å²) in [7, 11) is -3.19. The number of fused-ring (bicyclic) bond motifs is 1. The lowest BCUT2D eigenvalue weighted by atomic mass is 9.91. The number of hydrogen-bond acceptors (Lipinski definition) is 3. The van der Waals surface area contributed by atoms with E-state index in [-0.39, 0.29) is 10.9 Å². The van der Waals surface area contributed by atoms with Crippen LogP contribution in [0.25, 0.3) is 6.08 Å². The molecule has 0 aromatic heterocycles. The lowest BCUT2D eigenvalue weighted by Gasteiger charge is -2.34. The third-order valence-corrected chi connectivity index (χ3v) is 6.82. The second-order valence-electron chi connectivity index (χ2n) is 6.38. The van der Waals surface area contributed by atoms with Crippen molar-refractivity contribution in [1.82, 2.24) is 4.31 Å². The highest BCUT2D eigenvalue weighted by molar-refractivity contribution is 7.89. The van der Waals surface area contributed by atoms with Crippen LogP contribution < -0.4 is 4.74 Å². The molecule has 1 atom stereocenters. The van der Waals surface area contributed by atoms with E-state index in [1.54, 1.807) is 18.2 Å². The van der Waals surface area contributed by atoms with Gasteiger partial charge in [-0.15, -0.1) is 0 Å². The molecule has 120 valence electrons. The maximum Gasteiger partial charge on any atom is 0.216 e. The summed E-state index contributed by atoms with van der Waals surface area (Å²) in [4.78, 5) is 0. The summed E-state index contributed by atoms with van der Waals surface area (Å²) >= 11 is 0. The Morgan fingerprint density at radius 1 is 1.18 bits per heavy atom. The molecule has 1 unspecified atom stereocenters. The van der Waals surface area contributed by atoms with Crippen molar-refractivity contribution in [2.75, 3.05) is 13.1 Å². The van der Waals surface area contributed by atoms with Crippen LogP contribution in [0.2, 0.25) is 0 Å². The number of para-hydroxylation sites is 1. The summed E-state index contributed by atoms with van der Waals surface area (Å²) in [6.07, 6.45) is 6.58. The lowest BCUT2D eigenvalue weighted by Crippen LogP contribution is -2.40. The van der Waals surface area contributed by atoms with Crippen molar-refractivity contribution in [3.05, 3.63) is 35.9 Å². The third kappa shape index (κ3) is 2.79. The van der Waals surface area contributed by atoms with Crippen molar-refractivity contribution in [1.29, 1.82) is 0 Å². The Balaban J connectivity index is 1.80. The van der Waals surface area contributed by atoms with E-state index >= 15 is 0 Å². The van der Waals surface area contributed by atoms with Crippen LogP contribution in [0.5, 0.6) is 5.75 Å². The Morgan fingerprint density at radius 2 is 1.95 bits per heavy atom. The van der Waals surface area contributed by atoms with Crippen LogP contribution in [-0.4, -0.2) is 36.7 Å². The average molecular weight is 321 g/mol. The highest BCUT2D eigenvalue weighted by Gasteiger charge is 2.37. The summed E-state index contributed by atoms with van der Waals surface area (Å²) in [5.74, 6) is 0.894. The van der Waals surface area contributed by atoms with Crippen LogP contribution in [0.1, 0.15) is 38.7 Å². The van der Waals surface area contributed by atoms with Gasteiger partial charge in [0.15, 0.2) is 0 Å². The number of hydrogen-bond donors (Lipinski definition) is 0. The lowest BCUT2D eigenvalue weighted by molar-refractivity contribution is 0.102.